The van der Waals surface area contributed by atoms with Gasteiger partial charge in [0.1, 0.15) is 0 Å². The van der Waals surface area contributed by atoms with Crippen molar-refractivity contribution in [3.05, 3.63) is 54.1 Å². The van der Waals surface area contributed by atoms with E-state index in [4.69, 9.17) is 0 Å². The highest BCUT2D eigenvalue weighted by atomic mass is 32.2. The molecule has 0 radical (unpaired) electrons. The summed E-state index contributed by atoms with van der Waals surface area (Å²) in [4.78, 5) is -0.471. The highest BCUT2D eigenvalue weighted by Gasteiger charge is 2.18. The van der Waals surface area contributed by atoms with E-state index in [0.717, 1.165) is 24.5 Å². The number of rotatable bonds is 4. The van der Waals surface area contributed by atoms with Crippen molar-refractivity contribution in [3.63, 3.8) is 0 Å². The Kier molecular flexibility index (Phi) is 4.21. The van der Waals surface area contributed by atoms with Gasteiger partial charge in [0.15, 0.2) is 21.5 Å². The van der Waals surface area contributed by atoms with Crippen LogP contribution in [0.3, 0.4) is 0 Å². The van der Waals surface area contributed by atoms with Crippen molar-refractivity contribution in [1.29, 1.82) is 0 Å². The van der Waals surface area contributed by atoms with Gasteiger partial charge >= 0.3 is 0 Å². The summed E-state index contributed by atoms with van der Waals surface area (Å²) in [5, 5.41) is 0. The third kappa shape index (κ3) is 3.60. The predicted molar refractivity (Wildman–Crippen MR) is 76.7 cm³/mol. The Morgan fingerprint density at radius 2 is 1.50 bits per heavy atom. The Balaban J connectivity index is 2.40. The first kappa shape index (κ1) is 16.4. The van der Waals surface area contributed by atoms with Crippen LogP contribution in [0.4, 0.5) is 14.5 Å². The lowest BCUT2D eigenvalue weighted by Gasteiger charge is -2.09. The van der Waals surface area contributed by atoms with Gasteiger partial charge < -0.3 is 0 Å². The van der Waals surface area contributed by atoms with Gasteiger partial charge in [-0.15, -0.1) is 0 Å². The van der Waals surface area contributed by atoms with Gasteiger partial charge in [-0.05, 0) is 30.3 Å². The number of benzene rings is 2. The van der Waals surface area contributed by atoms with E-state index in [1.165, 1.54) is 18.2 Å². The molecular formula is C13H11F2NO4S2. The van der Waals surface area contributed by atoms with Crippen LogP contribution in [-0.4, -0.2) is 23.1 Å². The fraction of sp³-hybridized carbons (Fsp3) is 0.0769. The Hall–Kier alpha value is -2.00. The number of hydrogen-bond donors (Lipinski definition) is 1. The van der Waals surface area contributed by atoms with E-state index >= 15 is 0 Å². The highest BCUT2D eigenvalue weighted by Crippen LogP contribution is 2.20. The van der Waals surface area contributed by atoms with E-state index in [0.29, 0.717) is 6.07 Å². The summed E-state index contributed by atoms with van der Waals surface area (Å²) in [5.41, 5.74) is -0.177. The summed E-state index contributed by atoms with van der Waals surface area (Å²) in [6, 6.07) is 7.22. The summed E-state index contributed by atoms with van der Waals surface area (Å²) < 4.78 is 75.2. The van der Waals surface area contributed by atoms with E-state index in [-0.39, 0.29) is 15.5 Å². The van der Waals surface area contributed by atoms with Crippen LogP contribution in [0.25, 0.3) is 0 Å². The first-order valence-corrected chi connectivity index (χ1v) is 9.25. The van der Waals surface area contributed by atoms with Crippen LogP contribution in [0.1, 0.15) is 0 Å². The highest BCUT2D eigenvalue weighted by molar-refractivity contribution is 7.93. The average Bonchev–Trinajstić information content (AvgIpc) is 2.42. The molecule has 0 aliphatic carbocycles. The number of anilines is 1. The maximum Gasteiger partial charge on any atom is 0.261 e. The van der Waals surface area contributed by atoms with Crippen LogP contribution >= 0.6 is 0 Å². The maximum absolute atomic E-state index is 13.1. The number of halogens is 2. The van der Waals surface area contributed by atoms with Crippen LogP contribution in [0.15, 0.2) is 52.3 Å². The topological polar surface area (TPSA) is 80.3 Å². The monoisotopic (exact) mass is 347 g/mol. The molecule has 2 aromatic rings. The quantitative estimate of drug-likeness (QED) is 0.919. The Labute approximate surface area is 126 Å². The molecule has 0 bridgehead atoms. The minimum Gasteiger partial charge on any atom is -0.280 e. The van der Waals surface area contributed by atoms with E-state index in [1.54, 1.807) is 0 Å². The molecule has 0 aromatic heterocycles. The zero-order valence-electron chi connectivity index (χ0n) is 11.2. The molecule has 9 heteroatoms. The average molecular weight is 347 g/mol. The summed E-state index contributed by atoms with van der Waals surface area (Å²) in [7, 11) is -7.70. The van der Waals surface area contributed by atoms with Gasteiger partial charge in [-0.1, -0.05) is 6.07 Å². The molecule has 1 N–H and O–H groups in total. The summed E-state index contributed by atoms with van der Waals surface area (Å²) in [5.74, 6) is -2.31. The molecule has 22 heavy (non-hydrogen) atoms. The van der Waals surface area contributed by atoms with Crippen molar-refractivity contribution in [3.8, 4) is 0 Å². The first-order chi connectivity index (χ1) is 10.1. The lowest BCUT2D eigenvalue weighted by atomic mass is 10.3. The Bertz CT molecular complexity index is 925. The second-order valence-corrected chi connectivity index (χ2v) is 8.18. The minimum atomic E-state index is -4.13. The minimum absolute atomic E-state index is 0.166. The lowest BCUT2D eigenvalue weighted by Crippen LogP contribution is -2.14. The summed E-state index contributed by atoms with van der Waals surface area (Å²) in [6.45, 7) is 0. The molecule has 0 fully saturated rings. The molecule has 2 aromatic carbocycles. The molecular weight excluding hydrogens is 336 g/mol. The Morgan fingerprint density at radius 3 is 2.09 bits per heavy atom. The molecule has 0 aliphatic rings. The van der Waals surface area contributed by atoms with Gasteiger partial charge in [-0.2, -0.15) is 0 Å². The SMILES string of the molecule is CS(=O)(=O)c1cccc(S(=O)(=O)Nc2ccc(F)c(F)c2)c1. The molecule has 0 atom stereocenters. The van der Waals surface area contributed by atoms with Crippen molar-refractivity contribution in [2.24, 2.45) is 0 Å². The van der Waals surface area contributed by atoms with Gasteiger partial charge in [0.05, 0.1) is 15.5 Å². The smallest absolute Gasteiger partial charge is 0.261 e. The van der Waals surface area contributed by atoms with Crippen molar-refractivity contribution in [1.82, 2.24) is 0 Å². The van der Waals surface area contributed by atoms with Crippen molar-refractivity contribution in [2.75, 3.05) is 11.0 Å². The summed E-state index contributed by atoms with van der Waals surface area (Å²) in [6.07, 6.45) is 0.946. The Morgan fingerprint density at radius 1 is 0.864 bits per heavy atom. The molecule has 0 saturated carbocycles. The van der Waals surface area contributed by atoms with Crippen LogP contribution in [0, 0.1) is 11.6 Å². The third-order valence-electron chi connectivity index (χ3n) is 2.72. The first-order valence-electron chi connectivity index (χ1n) is 5.87. The maximum atomic E-state index is 13.1. The van der Waals surface area contributed by atoms with Crippen molar-refractivity contribution < 1.29 is 25.6 Å². The molecule has 2 rings (SSSR count). The standard InChI is InChI=1S/C13H11F2NO4S2/c1-21(17,18)10-3-2-4-11(8-10)22(19,20)16-9-5-6-12(14)13(15)7-9/h2-8,16H,1H3. The molecule has 0 spiro atoms. The second-order valence-electron chi connectivity index (χ2n) is 4.48. The molecule has 0 saturated heterocycles. The molecule has 118 valence electrons. The lowest BCUT2D eigenvalue weighted by molar-refractivity contribution is 0.509. The fourth-order valence-corrected chi connectivity index (χ4v) is 3.48. The normalized spacial score (nSPS) is 12.1. The van der Waals surface area contributed by atoms with Crippen LogP contribution in [0.2, 0.25) is 0 Å². The van der Waals surface area contributed by atoms with Crippen LogP contribution < -0.4 is 4.72 Å². The van der Waals surface area contributed by atoms with Crippen LogP contribution in [-0.2, 0) is 19.9 Å². The van der Waals surface area contributed by atoms with Gasteiger partial charge in [0.25, 0.3) is 10.0 Å². The largest absolute Gasteiger partial charge is 0.280 e. The summed E-state index contributed by atoms with van der Waals surface area (Å²) >= 11 is 0. The molecule has 0 unspecified atom stereocenters. The number of sulfone groups is 1. The van der Waals surface area contributed by atoms with E-state index in [1.807, 2.05) is 0 Å². The molecule has 5 nitrogen and oxygen atoms in total. The number of sulfonamides is 1. The number of hydrogen-bond acceptors (Lipinski definition) is 4. The number of nitrogens with one attached hydrogen (secondary N) is 1. The van der Waals surface area contributed by atoms with Gasteiger partial charge in [0.2, 0.25) is 0 Å². The van der Waals surface area contributed by atoms with Gasteiger partial charge in [0, 0.05) is 12.3 Å². The molecule has 0 amide bonds. The zero-order valence-corrected chi connectivity index (χ0v) is 12.9. The predicted octanol–water partition coefficient (Wildman–Crippen LogP) is 2.17. The molecule has 0 aliphatic heterocycles. The van der Waals surface area contributed by atoms with Crippen molar-refractivity contribution >= 4 is 25.5 Å². The van der Waals surface area contributed by atoms with Gasteiger partial charge in [-0.25, -0.2) is 25.6 Å². The van der Waals surface area contributed by atoms with Crippen molar-refractivity contribution in [2.45, 2.75) is 9.79 Å². The third-order valence-corrected chi connectivity index (χ3v) is 5.20. The van der Waals surface area contributed by atoms with E-state index in [9.17, 15) is 25.6 Å². The van der Waals surface area contributed by atoms with Crippen LogP contribution in [0.5, 0.6) is 0 Å². The molecule has 0 heterocycles. The zero-order chi connectivity index (χ0) is 16.5. The van der Waals surface area contributed by atoms with Gasteiger partial charge in [-0.3, -0.25) is 4.72 Å². The van der Waals surface area contributed by atoms with E-state index in [2.05, 4.69) is 4.72 Å². The van der Waals surface area contributed by atoms with E-state index < -0.39 is 31.5 Å². The second kappa shape index (κ2) is 5.65. The fourth-order valence-electron chi connectivity index (χ4n) is 1.65.